The summed E-state index contributed by atoms with van der Waals surface area (Å²) in [7, 11) is 2.20. The van der Waals surface area contributed by atoms with Crippen molar-refractivity contribution in [2.75, 3.05) is 0 Å². The molecule has 0 bridgehead atoms. The van der Waals surface area contributed by atoms with Gasteiger partial charge in [-0.05, 0) is 43.1 Å². The van der Waals surface area contributed by atoms with Crippen molar-refractivity contribution in [3.05, 3.63) is 66.7 Å². The topological polar surface area (TPSA) is 0 Å². The van der Waals surface area contributed by atoms with Crippen molar-refractivity contribution < 1.29 is 0 Å². The summed E-state index contributed by atoms with van der Waals surface area (Å²) in [6, 6.07) is 24.5. The quantitative estimate of drug-likeness (QED) is 0.227. The van der Waals surface area contributed by atoms with Gasteiger partial charge in [-0.1, -0.05) is 79.0 Å². The van der Waals surface area contributed by atoms with Crippen molar-refractivity contribution in [1.82, 2.24) is 0 Å². The third-order valence-corrected chi connectivity index (χ3v) is 4.87. The summed E-state index contributed by atoms with van der Waals surface area (Å²) >= 11 is 0. The second-order valence-corrected chi connectivity index (χ2v) is 5.93. The molecule has 0 aliphatic carbocycles. The van der Waals surface area contributed by atoms with Crippen LogP contribution in [0.1, 0.15) is 0 Å². The van der Waals surface area contributed by atoms with E-state index in [0.29, 0.717) is 0 Å². The Kier molecular flexibility index (Phi) is 2.32. The first-order valence-corrected chi connectivity index (χ1v) is 7.76. The lowest BCUT2D eigenvalue weighted by Gasteiger charge is -2.15. The SMILES string of the molecule is C[B]c1ccc2c3cccc4cccc(c5cccc1c52)c43. The average Bonchev–Trinajstić information content (AvgIpc) is 2.59. The fourth-order valence-corrected chi connectivity index (χ4v) is 3.92. The molecule has 0 spiro atoms. The van der Waals surface area contributed by atoms with Crippen molar-refractivity contribution >= 4 is 55.8 Å². The van der Waals surface area contributed by atoms with Crippen LogP contribution in [-0.4, -0.2) is 7.28 Å². The van der Waals surface area contributed by atoms with Gasteiger partial charge in [-0.3, -0.25) is 0 Å². The predicted molar refractivity (Wildman–Crippen MR) is 98.9 cm³/mol. The lowest BCUT2D eigenvalue weighted by atomic mass is 9.70. The molecule has 5 aromatic rings. The van der Waals surface area contributed by atoms with Crippen LogP contribution in [0, 0.1) is 0 Å². The highest BCUT2D eigenvalue weighted by atomic mass is 14.1. The Morgan fingerprint density at radius 1 is 0.545 bits per heavy atom. The molecule has 0 N–H and O–H groups in total. The molecule has 1 radical (unpaired) electrons. The fraction of sp³-hybridized carbons (Fsp3) is 0.0476. The minimum absolute atomic E-state index is 1.31. The van der Waals surface area contributed by atoms with Crippen LogP contribution < -0.4 is 5.46 Å². The molecule has 0 saturated carbocycles. The molecule has 0 amide bonds. The minimum Gasteiger partial charge on any atom is -0.0872 e. The van der Waals surface area contributed by atoms with E-state index >= 15 is 0 Å². The van der Waals surface area contributed by atoms with Gasteiger partial charge in [0.2, 0.25) is 0 Å². The van der Waals surface area contributed by atoms with Crippen molar-refractivity contribution in [3.63, 3.8) is 0 Å². The Balaban J connectivity index is 2.23. The molecule has 0 fully saturated rings. The first-order chi connectivity index (χ1) is 10.9. The standard InChI is InChI=1S/C21H14B/c1-22-19-12-11-17-15-8-3-6-13-5-2-7-14(20(13)15)16-9-4-10-18(19)21(16)17/h2-12H,1H3. The third-order valence-electron chi connectivity index (χ3n) is 4.87. The van der Waals surface area contributed by atoms with Crippen LogP contribution in [0.4, 0.5) is 0 Å². The van der Waals surface area contributed by atoms with E-state index in [2.05, 4.69) is 80.8 Å². The first kappa shape index (κ1) is 12.1. The van der Waals surface area contributed by atoms with Gasteiger partial charge in [0.25, 0.3) is 0 Å². The first-order valence-electron chi connectivity index (χ1n) is 7.76. The molecule has 5 rings (SSSR count). The van der Waals surface area contributed by atoms with E-state index in [4.69, 9.17) is 0 Å². The van der Waals surface area contributed by atoms with Crippen molar-refractivity contribution in [3.8, 4) is 0 Å². The molecular formula is C21H14B. The maximum atomic E-state index is 2.28. The number of hydrogen-bond donors (Lipinski definition) is 0. The van der Waals surface area contributed by atoms with Gasteiger partial charge in [-0.25, -0.2) is 0 Å². The van der Waals surface area contributed by atoms with Gasteiger partial charge >= 0.3 is 0 Å². The summed E-state index contributed by atoms with van der Waals surface area (Å²) in [6.07, 6.45) is 0. The summed E-state index contributed by atoms with van der Waals surface area (Å²) in [6.45, 7) is 2.11. The summed E-state index contributed by atoms with van der Waals surface area (Å²) < 4.78 is 0. The van der Waals surface area contributed by atoms with Crippen molar-refractivity contribution in [1.29, 1.82) is 0 Å². The van der Waals surface area contributed by atoms with E-state index in [1.54, 1.807) is 0 Å². The molecule has 1 heteroatoms. The average molecular weight is 277 g/mol. The van der Waals surface area contributed by atoms with Crippen molar-refractivity contribution in [2.45, 2.75) is 6.82 Å². The second-order valence-electron chi connectivity index (χ2n) is 5.93. The summed E-state index contributed by atoms with van der Waals surface area (Å²) in [4.78, 5) is 0. The Morgan fingerprint density at radius 2 is 1.09 bits per heavy atom. The number of benzene rings is 5. The molecule has 0 aliphatic rings. The van der Waals surface area contributed by atoms with E-state index in [0.717, 1.165) is 0 Å². The number of rotatable bonds is 1. The summed E-state index contributed by atoms with van der Waals surface area (Å²) in [5.74, 6) is 0. The van der Waals surface area contributed by atoms with Crippen LogP contribution in [0.15, 0.2) is 66.7 Å². The molecule has 0 aliphatic heterocycles. The highest BCUT2D eigenvalue weighted by Gasteiger charge is 2.13. The molecule has 5 aromatic carbocycles. The predicted octanol–water partition coefficient (Wildman–Crippen LogP) is 5.11. The molecule has 22 heavy (non-hydrogen) atoms. The van der Waals surface area contributed by atoms with Gasteiger partial charge in [0.15, 0.2) is 0 Å². The molecule has 0 atom stereocenters. The van der Waals surface area contributed by atoms with Crippen LogP contribution in [0.5, 0.6) is 0 Å². The highest BCUT2D eigenvalue weighted by Crippen LogP contribution is 2.39. The third kappa shape index (κ3) is 1.39. The van der Waals surface area contributed by atoms with E-state index in [9.17, 15) is 0 Å². The van der Waals surface area contributed by atoms with Gasteiger partial charge in [-0.15, -0.1) is 0 Å². The number of hydrogen-bond acceptors (Lipinski definition) is 0. The number of fused-ring (bicyclic) bond motifs is 2. The van der Waals surface area contributed by atoms with E-state index in [-0.39, 0.29) is 0 Å². The fourth-order valence-electron chi connectivity index (χ4n) is 3.92. The zero-order chi connectivity index (χ0) is 14.7. The Hall–Kier alpha value is -2.54. The second kappa shape index (κ2) is 4.24. The Labute approximate surface area is 129 Å². The Bertz CT molecular complexity index is 1100. The van der Waals surface area contributed by atoms with Crippen LogP contribution in [-0.2, 0) is 0 Å². The zero-order valence-electron chi connectivity index (χ0n) is 12.4. The summed E-state index contributed by atoms with van der Waals surface area (Å²) in [5, 5.41) is 10.9. The van der Waals surface area contributed by atoms with Gasteiger partial charge < -0.3 is 0 Å². The normalized spacial score (nSPS) is 11.9. The van der Waals surface area contributed by atoms with Gasteiger partial charge in [0, 0.05) is 0 Å². The maximum Gasteiger partial charge on any atom is 0.149 e. The molecular weight excluding hydrogens is 263 g/mol. The highest BCUT2D eigenvalue weighted by molar-refractivity contribution is 6.57. The largest absolute Gasteiger partial charge is 0.149 e. The van der Waals surface area contributed by atoms with Crippen LogP contribution in [0.25, 0.3) is 43.1 Å². The summed E-state index contributed by atoms with van der Waals surface area (Å²) in [5.41, 5.74) is 1.31. The molecule has 0 aromatic heterocycles. The maximum absolute atomic E-state index is 2.28. The molecule has 0 nitrogen and oxygen atoms in total. The van der Waals surface area contributed by atoms with Crippen LogP contribution >= 0.6 is 0 Å². The lowest BCUT2D eigenvalue weighted by Crippen LogP contribution is -2.11. The van der Waals surface area contributed by atoms with E-state index < -0.39 is 0 Å². The van der Waals surface area contributed by atoms with E-state index in [1.807, 2.05) is 0 Å². The molecule has 0 heterocycles. The van der Waals surface area contributed by atoms with Crippen molar-refractivity contribution in [2.24, 2.45) is 0 Å². The minimum atomic E-state index is 1.31. The lowest BCUT2D eigenvalue weighted by molar-refractivity contribution is 1.80. The molecule has 0 saturated heterocycles. The molecule has 101 valence electrons. The van der Waals surface area contributed by atoms with Gasteiger partial charge in [-0.2, -0.15) is 0 Å². The monoisotopic (exact) mass is 277 g/mol. The van der Waals surface area contributed by atoms with Crippen LogP contribution in [0.3, 0.4) is 0 Å². The smallest absolute Gasteiger partial charge is 0.0872 e. The van der Waals surface area contributed by atoms with Crippen LogP contribution in [0.2, 0.25) is 6.82 Å². The Morgan fingerprint density at radius 3 is 1.77 bits per heavy atom. The molecule has 0 unspecified atom stereocenters. The zero-order valence-corrected chi connectivity index (χ0v) is 12.4. The van der Waals surface area contributed by atoms with Gasteiger partial charge in [0.1, 0.15) is 7.28 Å². The van der Waals surface area contributed by atoms with Gasteiger partial charge in [0.05, 0.1) is 0 Å². The van der Waals surface area contributed by atoms with E-state index in [1.165, 1.54) is 48.6 Å².